The third kappa shape index (κ3) is 2.72. The highest BCUT2D eigenvalue weighted by Crippen LogP contribution is 2.25. The van der Waals surface area contributed by atoms with Crippen LogP contribution < -0.4 is 5.32 Å². The predicted octanol–water partition coefficient (Wildman–Crippen LogP) is 2.31. The van der Waals surface area contributed by atoms with Gasteiger partial charge in [-0.05, 0) is 24.6 Å². The third-order valence-electron chi connectivity index (χ3n) is 3.89. The van der Waals surface area contributed by atoms with E-state index < -0.39 is 6.04 Å². The van der Waals surface area contributed by atoms with E-state index in [1.807, 2.05) is 61.5 Å². The van der Waals surface area contributed by atoms with Gasteiger partial charge in [-0.25, -0.2) is 0 Å². The van der Waals surface area contributed by atoms with Gasteiger partial charge in [0.15, 0.2) is 0 Å². The Morgan fingerprint density at radius 3 is 2.45 bits per heavy atom. The van der Waals surface area contributed by atoms with Crippen LogP contribution in [0.25, 0.3) is 0 Å². The van der Waals surface area contributed by atoms with Gasteiger partial charge in [-0.15, -0.1) is 0 Å². The number of amides is 2. The number of hydrogen-bond donors (Lipinski definition) is 1. The summed E-state index contributed by atoms with van der Waals surface area (Å²) in [6.07, 6.45) is 0. The van der Waals surface area contributed by atoms with Crippen LogP contribution in [-0.2, 0) is 4.79 Å². The second-order valence-electron chi connectivity index (χ2n) is 5.47. The summed E-state index contributed by atoms with van der Waals surface area (Å²) in [5, 5.41) is 2.84. The van der Waals surface area contributed by atoms with Crippen molar-refractivity contribution < 1.29 is 9.59 Å². The summed E-state index contributed by atoms with van der Waals surface area (Å²) < 4.78 is 0. The molecule has 22 heavy (non-hydrogen) atoms. The molecule has 0 saturated carbocycles. The number of hydrogen-bond acceptors (Lipinski definition) is 2. The highest BCUT2D eigenvalue weighted by molar-refractivity contribution is 5.98. The van der Waals surface area contributed by atoms with Crippen LogP contribution in [0.2, 0.25) is 0 Å². The van der Waals surface area contributed by atoms with Gasteiger partial charge in [0.25, 0.3) is 5.91 Å². The third-order valence-corrected chi connectivity index (χ3v) is 3.89. The predicted molar refractivity (Wildman–Crippen MR) is 84.4 cm³/mol. The van der Waals surface area contributed by atoms with E-state index in [2.05, 4.69) is 5.32 Å². The van der Waals surface area contributed by atoms with E-state index in [1.54, 1.807) is 4.90 Å². The second-order valence-corrected chi connectivity index (χ2v) is 5.47. The molecule has 3 rings (SSSR count). The molecular formula is C18H18N2O2. The van der Waals surface area contributed by atoms with E-state index in [4.69, 9.17) is 0 Å². The zero-order valence-corrected chi connectivity index (χ0v) is 12.5. The van der Waals surface area contributed by atoms with Crippen molar-refractivity contribution in [3.05, 3.63) is 71.3 Å². The fraction of sp³-hybridized carbons (Fsp3) is 0.222. The van der Waals surface area contributed by atoms with Crippen LogP contribution in [0.4, 0.5) is 0 Å². The molecule has 4 heteroatoms. The molecule has 0 aromatic heterocycles. The quantitative estimate of drug-likeness (QED) is 0.924. The molecule has 1 fully saturated rings. The van der Waals surface area contributed by atoms with Crippen molar-refractivity contribution in [2.75, 3.05) is 13.1 Å². The number of benzene rings is 2. The summed E-state index contributed by atoms with van der Waals surface area (Å²) in [7, 11) is 0. The molecule has 0 bridgehead atoms. The number of carbonyl (C=O) groups excluding carboxylic acids is 2. The molecule has 0 radical (unpaired) electrons. The van der Waals surface area contributed by atoms with E-state index in [9.17, 15) is 9.59 Å². The molecule has 4 nitrogen and oxygen atoms in total. The summed E-state index contributed by atoms with van der Waals surface area (Å²) in [4.78, 5) is 26.7. The second kappa shape index (κ2) is 6.02. The molecule has 1 unspecified atom stereocenters. The topological polar surface area (TPSA) is 49.4 Å². The number of nitrogens with zero attached hydrogens (tertiary/aromatic N) is 1. The van der Waals surface area contributed by atoms with Crippen LogP contribution in [0.3, 0.4) is 0 Å². The number of aryl methyl sites for hydroxylation is 1. The number of rotatable bonds is 2. The van der Waals surface area contributed by atoms with E-state index in [1.165, 1.54) is 0 Å². The smallest absolute Gasteiger partial charge is 0.254 e. The highest BCUT2D eigenvalue weighted by Gasteiger charge is 2.34. The molecule has 1 N–H and O–H groups in total. The van der Waals surface area contributed by atoms with E-state index in [-0.39, 0.29) is 11.8 Å². The Morgan fingerprint density at radius 1 is 1.09 bits per heavy atom. The van der Waals surface area contributed by atoms with Crippen LogP contribution >= 0.6 is 0 Å². The van der Waals surface area contributed by atoms with Gasteiger partial charge in [0.1, 0.15) is 6.04 Å². The lowest BCUT2D eigenvalue weighted by molar-refractivity contribution is -0.128. The lowest BCUT2D eigenvalue weighted by atomic mass is 10.0. The molecule has 1 aliphatic heterocycles. The Hall–Kier alpha value is -2.62. The maximum atomic E-state index is 12.8. The Labute approximate surface area is 129 Å². The van der Waals surface area contributed by atoms with Gasteiger partial charge in [-0.2, -0.15) is 0 Å². The maximum Gasteiger partial charge on any atom is 0.254 e. The highest BCUT2D eigenvalue weighted by atomic mass is 16.2. The van der Waals surface area contributed by atoms with Crippen LogP contribution in [0.5, 0.6) is 0 Å². The van der Waals surface area contributed by atoms with Crippen LogP contribution in [0.15, 0.2) is 54.6 Å². The van der Waals surface area contributed by atoms with Gasteiger partial charge < -0.3 is 10.2 Å². The Morgan fingerprint density at radius 2 is 1.77 bits per heavy atom. The molecular weight excluding hydrogens is 276 g/mol. The molecule has 1 atom stereocenters. The molecule has 0 aliphatic carbocycles. The minimum absolute atomic E-state index is 0.108. The van der Waals surface area contributed by atoms with Crippen LogP contribution in [0.1, 0.15) is 27.5 Å². The zero-order chi connectivity index (χ0) is 15.5. The average molecular weight is 294 g/mol. The standard InChI is InChI=1S/C18H18N2O2/c1-13-7-9-15(10-8-13)18(22)20-12-11-19-17(21)16(20)14-5-3-2-4-6-14/h2-10,16H,11-12H2,1H3,(H,19,21). The first kappa shape index (κ1) is 14.3. The zero-order valence-electron chi connectivity index (χ0n) is 12.5. The van der Waals surface area contributed by atoms with Gasteiger partial charge in [-0.1, -0.05) is 48.0 Å². The Bertz CT molecular complexity index is 680. The average Bonchev–Trinajstić information content (AvgIpc) is 2.55. The largest absolute Gasteiger partial charge is 0.352 e. The van der Waals surface area contributed by atoms with Gasteiger partial charge >= 0.3 is 0 Å². The number of piperazine rings is 1. The van der Waals surface area contributed by atoms with Crippen molar-refractivity contribution in [2.24, 2.45) is 0 Å². The van der Waals surface area contributed by atoms with Crippen molar-refractivity contribution in [1.82, 2.24) is 10.2 Å². The first-order valence-corrected chi connectivity index (χ1v) is 7.37. The van der Waals surface area contributed by atoms with Crippen LogP contribution in [0, 0.1) is 6.92 Å². The van der Waals surface area contributed by atoms with E-state index >= 15 is 0 Å². The summed E-state index contributed by atoms with van der Waals surface area (Å²) >= 11 is 0. The van der Waals surface area contributed by atoms with Crippen molar-refractivity contribution in [3.8, 4) is 0 Å². The Balaban J connectivity index is 1.94. The fourth-order valence-corrected chi connectivity index (χ4v) is 2.71. The lowest BCUT2D eigenvalue weighted by Gasteiger charge is -2.35. The van der Waals surface area contributed by atoms with Gasteiger partial charge in [0.05, 0.1) is 0 Å². The Kier molecular flexibility index (Phi) is 3.92. The molecule has 112 valence electrons. The van der Waals surface area contributed by atoms with Gasteiger partial charge in [0.2, 0.25) is 5.91 Å². The molecule has 2 amide bonds. The monoisotopic (exact) mass is 294 g/mol. The fourth-order valence-electron chi connectivity index (χ4n) is 2.71. The number of carbonyl (C=O) groups is 2. The van der Waals surface area contributed by atoms with Gasteiger partial charge in [0, 0.05) is 18.7 Å². The minimum atomic E-state index is -0.566. The normalized spacial score (nSPS) is 18.0. The summed E-state index contributed by atoms with van der Waals surface area (Å²) in [5.74, 6) is -0.235. The lowest BCUT2D eigenvalue weighted by Crippen LogP contribution is -2.52. The van der Waals surface area contributed by atoms with Crippen LogP contribution in [-0.4, -0.2) is 29.8 Å². The summed E-state index contributed by atoms with van der Waals surface area (Å²) in [5.41, 5.74) is 2.55. The maximum absolute atomic E-state index is 12.8. The van der Waals surface area contributed by atoms with Crippen molar-refractivity contribution in [2.45, 2.75) is 13.0 Å². The van der Waals surface area contributed by atoms with Crippen molar-refractivity contribution in [1.29, 1.82) is 0 Å². The first-order chi connectivity index (χ1) is 10.7. The minimum Gasteiger partial charge on any atom is -0.352 e. The first-order valence-electron chi connectivity index (χ1n) is 7.37. The van der Waals surface area contributed by atoms with E-state index in [0.717, 1.165) is 11.1 Å². The van der Waals surface area contributed by atoms with E-state index in [0.29, 0.717) is 18.7 Å². The summed E-state index contributed by atoms with van der Waals surface area (Å²) in [6, 6.07) is 16.3. The molecule has 2 aromatic carbocycles. The molecule has 1 saturated heterocycles. The van der Waals surface area contributed by atoms with Gasteiger partial charge in [-0.3, -0.25) is 9.59 Å². The molecule has 1 heterocycles. The molecule has 2 aromatic rings. The molecule has 1 aliphatic rings. The SMILES string of the molecule is Cc1ccc(C(=O)N2CCNC(=O)C2c2ccccc2)cc1. The molecule has 0 spiro atoms. The van der Waals surface area contributed by atoms with Crippen molar-refractivity contribution >= 4 is 11.8 Å². The summed E-state index contributed by atoms with van der Waals surface area (Å²) in [6.45, 7) is 2.98. The van der Waals surface area contributed by atoms with Crippen molar-refractivity contribution in [3.63, 3.8) is 0 Å². The number of nitrogens with one attached hydrogen (secondary N) is 1.